The van der Waals surface area contributed by atoms with E-state index in [0.29, 0.717) is 11.3 Å². The first-order chi connectivity index (χ1) is 9.06. The molecule has 0 spiro atoms. The molecule has 102 valence electrons. The van der Waals surface area contributed by atoms with Crippen LogP contribution >= 0.6 is 23.1 Å². The van der Waals surface area contributed by atoms with Gasteiger partial charge in [0.1, 0.15) is 0 Å². The highest BCUT2D eigenvalue weighted by molar-refractivity contribution is 8.01. The molecule has 3 rings (SSSR count). The maximum atomic E-state index is 4.49. The summed E-state index contributed by atoms with van der Waals surface area (Å²) in [5.41, 5.74) is 4.95. The number of nitrogens with one attached hydrogen (secondary N) is 1. The van der Waals surface area contributed by atoms with Gasteiger partial charge in [0, 0.05) is 12.3 Å². The second-order valence-electron chi connectivity index (χ2n) is 5.19. The molecule has 1 N–H and O–H groups in total. The SMILES string of the molecule is Cc1nn(C)c(C)c1NC1C[C@H](C)Sc2sccc21. The van der Waals surface area contributed by atoms with Gasteiger partial charge in [-0.2, -0.15) is 5.10 Å². The van der Waals surface area contributed by atoms with E-state index in [4.69, 9.17) is 0 Å². The molecule has 1 aliphatic rings. The number of fused-ring (bicyclic) bond motifs is 1. The zero-order chi connectivity index (χ0) is 13.6. The number of aromatic nitrogens is 2. The van der Waals surface area contributed by atoms with Gasteiger partial charge in [0.25, 0.3) is 0 Å². The first-order valence-corrected chi connectivity index (χ1v) is 8.33. The molecule has 0 bridgehead atoms. The molecule has 0 aromatic carbocycles. The summed E-state index contributed by atoms with van der Waals surface area (Å²) in [5, 5.41) is 11.1. The van der Waals surface area contributed by atoms with Gasteiger partial charge < -0.3 is 5.32 Å². The van der Waals surface area contributed by atoms with Crippen LogP contribution in [0.25, 0.3) is 0 Å². The summed E-state index contributed by atoms with van der Waals surface area (Å²) in [6.45, 7) is 6.51. The van der Waals surface area contributed by atoms with Crippen LogP contribution in [0.2, 0.25) is 0 Å². The lowest BCUT2D eigenvalue weighted by Crippen LogP contribution is -2.19. The van der Waals surface area contributed by atoms with Crippen molar-refractivity contribution in [2.75, 3.05) is 5.32 Å². The third-order valence-corrected chi connectivity index (χ3v) is 6.08. The average molecular weight is 293 g/mol. The summed E-state index contributed by atoms with van der Waals surface area (Å²) in [6.07, 6.45) is 1.17. The Morgan fingerprint density at radius 2 is 2.21 bits per heavy atom. The number of thiophene rings is 1. The van der Waals surface area contributed by atoms with Crippen molar-refractivity contribution in [1.29, 1.82) is 0 Å². The Hall–Kier alpha value is -0.940. The van der Waals surface area contributed by atoms with Crippen LogP contribution < -0.4 is 5.32 Å². The van der Waals surface area contributed by atoms with Gasteiger partial charge in [-0.3, -0.25) is 4.68 Å². The monoisotopic (exact) mass is 293 g/mol. The number of thioether (sulfide) groups is 1. The molecule has 1 aliphatic heterocycles. The standard InChI is InChI=1S/C14H19N3S2/c1-8-7-12(11-5-6-18-14(11)19-8)15-13-9(2)16-17(4)10(13)3/h5-6,8,12,15H,7H2,1-4H3/t8-,12?/m0/s1. The highest BCUT2D eigenvalue weighted by Gasteiger charge is 2.27. The fourth-order valence-corrected chi connectivity index (χ4v) is 5.21. The molecule has 3 heterocycles. The summed E-state index contributed by atoms with van der Waals surface area (Å²) in [6, 6.07) is 2.68. The molecule has 5 heteroatoms. The summed E-state index contributed by atoms with van der Waals surface area (Å²) >= 11 is 3.86. The average Bonchev–Trinajstić information content (AvgIpc) is 2.90. The summed E-state index contributed by atoms with van der Waals surface area (Å²) in [7, 11) is 2.00. The van der Waals surface area contributed by atoms with Crippen LogP contribution in [-0.4, -0.2) is 15.0 Å². The fourth-order valence-electron chi connectivity index (χ4n) is 2.64. The van der Waals surface area contributed by atoms with Gasteiger partial charge in [0.2, 0.25) is 0 Å². The summed E-state index contributed by atoms with van der Waals surface area (Å²) in [4.78, 5) is 0. The van der Waals surface area contributed by atoms with Crippen LogP contribution in [0.4, 0.5) is 5.69 Å². The van der Waals surface area contributed by atoms with Gasteiger partial charge in [0.05, 0.1) is 27.3 Å². The van der Waals surface area contributed by atoms with E-state index in [9.17, 15) is 0 Å². The molecule has 1 unspecified atom stereocenters. The highest BCUT2D eigenvalue weighted by Crippen LogP contribution is 2.45. The maximum absolute atomic E-state index is 4.49. The van der Waals surface area contributed by atoms with Crippen molar-refractivity contribution in [2.45, 2.75) is 42.7 Å². The minimum absolute atomic E-state index is 0.416. The van der Waals surface area contributed by atoms with Gasteiger partial charge in [-0.05, 0) is 37.3 Å². The van der Waals surface area contributed by atoms with Gasteiger partial charge in [-0.15, -0.1) is 23.1 Å². The second-order valence-corrected chi connectivity index (χ2v) is 7.82. The van der Waals surface area contributed by atoms with Crippen molar-refractivity contribution in [3.8, 4) is 0 Å². The van der Waals surface area contributed by atoms with Crippen molar-refractivity contribution in [2.24, 2.45) is 7.05 Å². The van der Waals surface area contributed by atoms with E-state index in [0.717, 1.165) is 5.69 Å². The normalized spacial score (nSPS) is 22.3. The molecule has 2 aromatic rings. The van der Waals surface area contributed by atoms with Gasteiger partial charge in [-0.1, -0.05) is 6.92 Å². The Balaban J connectivity index is 1.92. The fraction of sp³-hybridized carbons (Fsp3) is 0.500. The van der Waals surface area contributed by atoms with Crippen LogP contribution in [0.3, 0.4) is 0 Å². The first-order valence-electron chi connectivity index (χ1n) is 6.57. The van der Waals surface area contributed by atoms with Gasteiger partial charge >= 0.3 is 0 Å². The summed E-state index contributed by atoms with van der Waals surface area (Å²) < 4.78 is 3.42. The Labute approximate surface area is 122 Å². The van der Waals surface area contributed by atoms with E-state index in [1.54, 1.807) is 0 Å². The maximum Gasteiger partial charge on any atom is 0.0828 e. The lowest BCUT2D eigenvalue weighted by molar-refractivity contribution is 0.668. The van der Waals surface area contributed by atoms with Crippen molar-refractivity contribution < 1.29 is 0 Å². The quantitative estimate of drug-likeness (QED) is 0.902. The molecule has 19 heavy (non-hydrogen) atoms. The molecule has 2 atom stereocenters. The molecular formula is C14H19N3S2. The number of aryl methyl sites for hydroxylation is 2. The molecule has 3 nitrogen and oxygen atoms in total. The zero-order valence-electron chi connectivity index (χ0n) is 11.7. The Morgan fingerprint density at radius 3 is 2.89 bits per heavy atom. The summed E-state index contributed by atoms with van der Waals surface area (Å²) in [5.74, 6) is 0. The molecule has 0 saturated heterocycles. The van der Waals surface area contributed by atoms with E-state index in [1.165, 1.54) is 27.6 Å². The Bertz CT molecular complexity index is 600. The van der Waals surface area contributed by atoms with E-state index < -0.39 is 0 Å². The van der Waals surface area contributed by atoms with E-state index >= 15 is 0 Å². The lowest BCUT2D eigenvalue weighted by Gasteiger charge is -2.28. The molecule has 0 fully saturated rings. The van der Waals surface area contributed by atoms with Crippen molar-refractivity contribution in [3.05, 3.63) is 28.4 Å². The third kappa shape index (κ3) is 2.30. The van der Waals surface area contributed by atoms with Crippen LogP contribution in [0.1, 0.15) is 36.3 Å². The number of hydrogen-bond acceptors (Lipinski definition) is 4. The van der Waals surface area contributed by atoms with Gasteiger partial charge in [0.15, 0.2) is 0 Å². The molecule has 0 aliphatic carbocycles. The Kier molecular flexibility index (Phi) is 3.35. The third-order valence-electron chi connectivity index (χ3n) is 3.74. The Morgan fingerprint density at radius 1 is 1.42 bits per heavy atom. The first kappa shape index (κ1) is 13.1. The van der Waals surface area contributed by atoms with Crippen LogP contribution in [0, 0.1) is 13.8 Å². The topological polar surface area (TPSA) is 29.9 Å². The van der Waals surface area contributed by atoms with Crippen molar-refractivity contribution in [3.63, 3.8) is 0 Å². The van der Waals surface area contributed by atoms with Gasteiger partial charge in [-0.25, -0.2) is 0 Å². The largest absolute Gasteiger partial charge is 0.375 e. The molecular weight excluding hydrogens is 274 g/mol. The smallest absolute Gasteiger partial charge is 0.0828 e. The molecule has 0 saturated carbocycles. The van der Waals surface area contributed by atoms with Crippen LogP contribution in [-0.2, 0) is 7.05 Å². The molecule has 0 radical (unpaired) electrons. The van der Waals surface area contributed by atoms with Crippen LogP contribution in [0.15, 0.2) is 15.7 Å². The number of nitrogens with zero attached hydrogens (tertiary/aromatic N) is 2. The van der Waals surface area contributed by atoms with E-state index in [2.05, 4.69) is 42.6 Å². The second kappa shape index (κ2) is 4.87. The van der Waals surface area contributed by atoms with Crippen LogP contribution in [0.5, 0.6) is 0 Å². The predicted molar refractivity (Wildman–Crippen MR) is 83.3 cm³/mol. The van der Waals surface area contributed by atoms with E-state index in [-0.39, 0.29) is 0 Å². The molecule has 0 amide bonds. The number of hydrogen-bond donors (Lipinski definition) is 1. The minimum atomic E-state index is 0.416. The minimum Gasteiger partial charge on any atom is -0.375 e. The van der Waals surface area contributed by atoms with Crippen molar-refractivity contribution >= 4 is 28.8 Å². The number of anilines is 1. The highest BCUT2D eigenvalue weighted by atomic mass is 32.2. The van der Waals surface area contributed by atoms with Crippen molar-refractivity contribution in [1.82, 2.24) is 9.78 Å². The lowest BCUT2D eigenvalue weighted by atomic mass is 10.0. The molecule has 2 aromatic heterocycles. The predicted octanol–water partition coefficient (Wildman–Crippen LogP) is 4.14. The number of rotatable bonds is 2. The van der Waals surface area contributed by atoms with E-state index in [1.807, 2.05) is 34.8 Å². The zero-order valence-corrected chi connectivity index (χ0v) is 13.4.